The van der Waals surface area contributed by atoms with Gasteiger partial charge < -0.3 is 9.84 Å². The van der Waals surface area contributed by atoms with Crippen molar-refractivity contribution in [3.05, 3.63) is 54.1 Å². The van der Waals surface area contributed by atoms with E-state index >= 15 is 0 Å². The molecule has 1 aromatic heterocycles. The second kappa shape index (κ2) is 5.41. The van der Waals surface area contributed by atoms with Crippen LogP contribution < -0.4 is 4.74 Å². The highest BCUT2D eigenvalue weighted by Crippen LogP contribution is 2.23. The van der Waals surface area contributed by atoms with Crippen LogP contribution in [0.3, 0.4) is 0 Å². The molecule has 0 aliphatic heterocycles. The van der Waals surface area contributed by atoms with Crippen molar-refractivity contribution in [2.24, 2.45) is 0 Å². The number of aliphatic hydroxyl groups excluding tert-OH is 1. The van der Waals surface area contributed by atoms with Gasteiger partial charge in [0, 0.05) is 18.8 Å². The fourth-order valence-corrected chi connectivity index (χ4v) is 1.67. The molecule has 2 rings (SSSR count). The Bertz CT molecular complexity index is 474. The van der Waals surface area contributed by atoms with E-state index in [2.05, 4.69) is 9.97 Å². The SMILES string of the molecule is COc1ccccc1CC(O)c1cnccn1. The minimum absolute atomic E-state index is 0.461. The van der Waals surface area contributed by atoms with Crippen LogP contribution in [-0.4, -0.2) is 22.2 Å². The van der Waals surface area contributed by atoms with E-state index in [1.54, 1.807) is 25.7 Å². The average molecular weight is 230 g/mol. The third kappa shape index (κ3) is 2.79. The van der Waals surface area contributed by atoms with Gasteiger partial charge in [-0.15, -0.1) is 0 Å². The van der Waals surface area contributed by atoms with E-state index in [0.717, 1.165) is 11.3 Å². The molecule has 0 aliphatic carbocycles. The molecule has 1 atom stereocenters. The molecule has 2 aromatic rings. The first-order valence-corrected chi connectivity index (χ1v) is 5.37. The van der Waals surface area contributed by atoms with Crippen molar-refractivity contribution in [1.29, 1.82) is 0 Å². The van der Waals surface area contributed by atoms with Crippen molar-refractivity contribution in [3.63, 3.8) is 0 Å². The Hall–Kier alpha value is -1.94. The number of nitrogens with zero attached hydrogens (tertiary/aromatic N) is 2. The quantitative estimate of drug-likeness (QED) is 0.869. The van der Waals surface area contributed by atoms with E-state index in [0.29, 0.717) is 12.1 Å². The zero-order chi connectivity index (χ0) is 12.1. The third-order valence-electron chi connectivity index (χ3n) is 2.53. The monoisotopic (exact) mass is 230 g/mol. The maximum absolute atomic E-state index is 10.0. The normalized spacial score (nSPS) is 12.1. The number of aliphatic hydroxyl groups is 1. The Labute approximate surface area is 99.9 Å². The van der Waals surface area contributed by atoms with Gasteiger partial charge in [-0.3, -0.25) is 9.97 Å². The van der Waals surface area contributed by atoms with Crippen LogP contribution in [0.4, 0.5) is 0 Å². The second-order valence-corrected chi connectivity index (χ2v) is 3.66. The molecular weight excluding hydrogens is 216 g/mol. The van der Waals surface area contributed by atoms with E-state index < -0.39 is 6.10 Å². The number of hydrogen-bond acceptors (Lipinski definition) is 4. The molecule has 0 aliphatic rings. The standard InChI is InChI=1S/C13H14N2O2/c1-17-13-5-3-2-4-10(13)8-12(16)11-9-14-6-7-15-11/h2-7,9,12,16H,8H2,1H3. The summed E-state index contributed by atoms with van der Waals surface area (Å²) in [6.07, 6.45) is 4.52. The lowest BCUT2D eigenvalue weighted by molar-refractivity contribution is 0.172. The fourth-order valence-electron chi connectivity index (χ4n) is 1.67. The van der Waals surface area contributed by atoms with Crippen molar-refractivity contribution < 1.29 is 9.84 Å². The molecule has 0 bridgehead atoms. The Kier molecular flexibility index (Phi) is 3.67. The molecule has 0 amide bonds. The molecule has 0 fully saturated rings. The van der Waals surface area contributed by atoms with Crippen molar-refractivity contribution >= 4 is 0 Å². The van der Waals surface area contributed by atoms with E-state index in [4.69, 9.17) is 4.74 Å². The van der Waals surface area contributed by atoms with Gasteiger partial charge in [0.1, 0.15) is 11.9 Å². The Balaban J connectivity index is 2.16. The van der Waals surface area contributed by atoms with Crippen molar-refractivity contribution in [1.82, 2.24) is 9.97 Å². The van der Waals surface area contributed by atoms with Crippen LogP contribution in [0.1, 0.15) is 17.4 Å². The van der Waals surface area contributed by atoms with Crippen LogP contribution in [0.5, 0.6) is 5.75 Å². The summed E-state index contributed by atoms with van der Waals surface area (Å²) in [6.45, 7) is 0. The highest BCUT2D eigenvalue weighted by Gasteiger charge is 2.12. The van der Waals surface area contributed by atoms with Gasteiger partial charge in [-0.05, 0) is 11.6 Å². The number of benzene rings is 1. The van der Waals surface area contributed by atoms with E-state index in [9.17, 15) is 5.11 Å². The Morgan fingerprint density at radius 3 is 2.82 bits per heavy atom. The van der Waals surface area contributed by atoms with Gasteiger partial charge >= 0.3 is 0 Å². The van der Waals surface area contributed by atoms with Crippen LogP contribution in [0, 0.1) is 0 Å². The summed E-state index contributed by atoms with van der Waals surface area (Å²) in [5.74, 6) is 0.774. The van der Waals surface area contributed by atoms with Crippen molar-refractivity contribution in [3.8, 4) is 5.75 Å². The van der Waals surface area contributed by atoms with Crippen LogP contribution in [0.2, 0.25) is 0 Å². The lowest BCUT2D eigenvalue weighted by atomic mass is 10.1. The largest absolute Gasteiger partial charge is 0.496 e. The zero-order valence-corrected chi connectivity index (χ0v) is 9.58. The first kappa shape index (κ1) is 11.5. The van der Waals surface area contributed by atoms with E-state index in [1.807, 2.05) is 24.3 Å². The molecule has 1 N–H and O–H groups in total. The second-order valence-electron chi connectivity index (χ2n) is 3.66. The molecule has 0 spiro atoms. The minimum Gasteiger partial charge on any atom is -0.496 e. The van der Waals surface area contributed by atoms with Gasteiger partial charge in [0.05, 0.1) is 19.0 Å². The molecule has 1 heterocycles. The summed E-state index contributed by atoms with van der Waals surface area (Å²) < 4.78 is 5.23. The van der Waals surface area contributed by atoms with Crippen LogP contribution in [0.25, 0.3) is 0 Å². The minimum atomic E-state index is -0.667. The number of methoxy groups -OCH3 is 1. The number of hydrogen-bond donors (Lipinski definition) is 1. The Morgan fingerprint density at radius 2 is 2.12 bits per heavy atom. The van der Waals surface area contributed by atoms with Gasteiger partial charge in [0.15, 0.2) is 0 Å². The number of aromatic nitrogens is 2. The lowest BCUT2D eigenvalue weighted by Gasteiger charge is -2.12. The van der Waals surface area contributed by atoms with Crippen molar-refractivity contribution in [2.75, 3.05) is 7.11 Å². The van der Waals surface area contributed by atoms with Gasteiger partial charge in [0.25, 0.3) is 0 Å². The number of rotatable bonds is 4. The summed E-state index contributed by atoms with van der Waals surface area (Å²) in [5, 5.41) is 10.0. The highest BCUT2D eigenvalue weighted by atomic mass is 16.5. The van der Waals surface area contributed by atoms with Crippen LogP contribution in [0.15, 0.2) is 42.9 Å². The van der Waals surface area contributed by atoms with Crippen LogP contribution >= 0.6 is 0 Å². The predicted molar refractivity (Wildman–Crippen MR) is 63.7 cm³/mol. The molecule has 4 heteroatoms. The van der Waals surface area contributed by atoms with Gasteiger partial charge in [-0.1, -0.05) is 18.2 Å². The first-order valence-electron chi connectivity index (χ1n) is 5.37. The maximum atomic E-state index is 10.0. The molecule has 88 valence electrons. The van der Waals surface area contributed by atoms with E-state index in [-0.39, 0.29) is 0 Å². The molecule has 0 saturated carbocycles. The van der Waals surface area contributed by atoms with Gasteiger partial charge in [-0.25, -0.2) is 0 Å². The first-order chi connectivity index (χ1) is 8.31. The molecule has 0 saturated heterocycles. The number of para-hydroxylation sites is 1. The Morgan fingerprint density at radius 1 is 1.29 bits per heavy atom. The van der Waals surface area contributed by atoms with Gasteiger partial charge in [0.2, 0.25) is 0 Å². The third-order valence-corrected chi connectivity index (χ3v) is 2.53. The molecular formula is C13H14N2O2. The number of ether oxygens (including phenoxy) is 1. The summed E-state index contributed by atoms with van der Waals surface area (Å²) >= 11 is 0. The maximum Gasteiger partial charge on any atom is 0.122 e. The molecule has 0 radical (unpaired) electrons. The summed E-state index contributed by atoms with van der Waals surface area (Å²) in [5.41, 5.74) is 1.52. The summed E-state index contributed by atoms with van der Waals surface area (Å²) in [7, 11) is 1.62. The molecule has 1 aromatic carbocycles. The zero-order valence-electron chi connectivity index (χ0n) is 9.58. The smallest absolute Gasteiger partial charge is 0.122 e. The fraction of sp³-hybridized carbons (Fsp3) is 0.231. The molecule has 17 heavy (non-hydrogen) atoms. The summed E-state index contributed by atoms with van der Waals surface area (Å²) in [4.78, 5) is 8.01. The van der Waals surface area contributed by atoms with E-state index in [1.165, 1.54) is 0 Å². The molecule has 4 nitrogen and oxygen atoms in total. The van der Waals surface area contributed by atoms with Gasteiger partial charge in [-0.2, -0.15) is 0 Å². The molecule has 1 unspecified atom stereocenters. The van der Waals surface area contributed by atoms with Crippen LogP contribution in [-0.2, 0) is 6.42 Å². The predicted octanol–water partition coefficient (Wildman–Crippen LogP) is 1.76. The highest BCUT2D eigenvalue weighted by molar-refractivity contribution is 5.34. The van der Waals surface area contributed by atoms with Crippen molar-refractivity contribution in [2.45, 2.75) is 12.5 Å². The lowest BCUT2D eigenvalue weighted by Crippen LogP contribution is -2.05. The summed E-state index contributed by atoms with van der Waals surface area (Å²) in [6, 6.07) is 7.62. The topological polar surface area (TPSA) is 55.2 Å². The average Bonchev–Trinajstić information content (AvgIpc) is 2.40.